The van der Waals surface area contributed by atoms with Crippen molar-refractivity contribution < 1.29 is 14.3 Å². The summed E-state index contributed by atoms with van der Waals surface area (Å²) in [6, 6.07) is 10.4. The minimum absolute atomic E-state index is 0.0653. The van der Waals surface area contributed by atoms with Gasteiger partial charge in [0.1, 0.15) is 0 Å². The molecular weight excluding hydrogens is 292 g/mol. The number of amides is 1. The number of morpholine rings is 1. The summed E-state index contributed by atoms with van der Waals surface area (Å²) in [7, 11) is 0. The van der Waals surface area contributed by atoms with Gasteiger partial charge in [-0.1, -0.05) is 30.3 Å². The van der Waals surface area contributed by atoms with E-state index in [9.17, 15) is 4.79 Å². The van der Waals surface area contributed by atoms with Crippen molar-refractivity contribution in [3.63, 3.8) is 0 Å². The smallest absolute Gasteiger partial charge is 0.234 e. The number of nitrogens with zero attached hydrogens (tertiary/aromatic N) is 1. The zero-order valence-corrected chi connectivity index (χ0v) is 13.7. The zero-order valence-electron chi connectivity index (χ0n) is 13.7. The second kappa shape index (κ2) is 7.90. The van der Waals surface area contributed by atoms with Crippen LogP contribution in [0, 0.1) is 0 Å². The molecular formula is C18H26N2O3. The maximum absolute atomic E-state index is 12.3. The fourth-order valence-electron chi connectivity index (χ4n) is 3.30. The van der Waals surface area contributed by atoms with Gasteiger partial charge in [-0.25, -0.2) is 0 Å². The molecule has 2 fully saturated rings. The largest absolute Gasteiger partial charge is 0.376 e. The van der Waals surface area contributed by atoms with Gasteiger partial charge in [0, 0.05) is 19.7 Å². The number of carbonyl (C=O) groups excluding carboxylic acids is 1. The van der Waals surface area contributed by atoms with Crippen LogP contribution in [0.15, 0.2) is 30.3 Å². The summed E-state index contributed by atoms with van der Waals surface area (Å²) in [5, 5.41) is 3.01. The maximum Gasteiger partial charge on any atom is 0.234 e. The molecule has 3 atom stereocenters. The third-order valence-corrected chi connectivity index (χ3v) is 4.55. The van der Waals surface area contributed by atoms with Crippen LogP contribution in [0.2, 0.25) is 0 Å². The van der Waals surface area contributed by atoms with Gasteiger partial charge >= 0.3 is 0 Å². The normalized spacial score (nSPS) is 28.7. The second-order valence-electron chi connectivity index (χ2n) is 6.44. The molecule has 0 aliphatic carbocycles. The fraction of sp³-hybridized carbons (Fsp3) is 0.611. The molecule has 3 rings (SSSR count). The van der Waals surface area contributed by atoms with Gasteiger partial charge < -0.3 is 14.8 Å². The highest BCUT2D eigenvalue weighted by Crippen LogP contribution is 2.25. The van der Waals surface area contributed by atoms with E-state index in [0.29, 0.717) is 19.7 Å². The molecule has 2 heterocycles. The van der Waals surface area contributed by atoms with E-state index in [2.05, 4.69) is 29.3 Å². The van der Waals surface area contributed by atoms with Crippen molar-refractivity contribution in [2.75, 3.05) is 32.8 Å². The van der Waals surface area contributed by atoms with Gasteiger partial charge in [0.05, 0.1) is 31.4 Å². The average Bonchev–Trinajstić information content (AvgIpc) is 3.07. The van der Waals surface area contributed by atoms with E-state index >= 15 is 0 Å². The van der Waals surface area contributed by atoms with E-state index in [1.807, 2.05) is 18.2 Å². The highest BCUT2D eigenvalue weighted by molar-refractivity contribution is 5.78. The number of benzene rings is 1. The molecule has 23 heavy (non-hydrogen) atoms. The van der Waals surface area contributed by atoms with Crippen molar-refractivity contribution in [1.82, 2.24) is 10.2 Å². The van der Waals surface area contributed by atoms with Crippen molar-refractivity contribution in [1.29, 1.82) is 0 Å². The summed E-state index contributed by atoms with van der Waals surface area (Å²) in [6.45, 7) is 5.29. The lowest BCUT2D eigenvalue weighted by molar-refractivity contribution is -0.127. The Balaban J connectivity index is 1.57. The molecule has 1 amide bonds. The molecule has 5 nitrogen and oxygen atoms in total. The summed E-state index contributed by atoms with van der Waals surface area (Å²) >= 11 is 0. The van der Waals surface area contributed by atoms with Crippen molar-refractivity contribution in [3.05, 3.63) is 35.9 Å². The standard InChI is InChI=1S/C18H26N2O3/c1-14-11-20(12-18(21)19-10-16-8-5-9-22-16)17(13-23-14)15-6-3-2-4-7-15/h2-4,6-7,14,16-17H,5,8-13H2,1H3,(H,19,21). The van der Waals surface area contributed by atoms with Gasteiger partial charge in [-0.15, -0.1) is 0 Å². The Hall–Kier alpha value is -1.43. The predicted molar refractivity (Wildman–Crippen MR) is 88.2 cm³/mol. The predicted octanol–water partition coefficient (Wildman–Crippen LogP) is 1.74. The summed E-state index contributed by atoms with van der Waals surface area (Å²) in [5.41, 5.74) is 1.20. The van der Waals surface area contributed by atoms with Crippen LogP contribution in [0.3, 0.4) is 0 Å². The van der Waals surface area contributed by atoms with E-state index in [-0.39, 0.29) is 24.2 Å². The van der Waals surface area contributed by atoms with Crippen molar-refractivity contribution in [2.45, 2.75) is 38.0 Å². The Kier molecular flexibility index (Phi) is 5.65. The van der Waals surface area contributed by atoms with Crippen LogP contribution in [0.4, 0.5) is 0 Å². The van der Waals surface area contributed by atoms with E-state index in [0.717, 1.165) is 26.0 Å². The second-order valence-corrected chi connectivity index (χ2v) is 6.44. The lowest BCUT2D eigenvalue weighted by Crippen LogP contribution is -2.48. The molecule has 0 saturated carbocycles. The average molecular weight is 318 g/mol. The molecule has 3 unspecified atom stereocenters. The number of hydrogen-bond acceptors (Lipinski definition) is 4. The molecule has 2 aliphatic rings. The topological polar surface area (TPSA) is 50.8 Å². The monoisotopic (exact) mass is 318 g/mol. The summed E-state index contributed by atoms with van der Waals surface area (Å²) in [5.74, 6) is 0.0653. The Morgan fingerprint density at radius 3 is 2.87 bits per heavy atom. The highest BCUT2D eigenvalue weighted by atomic mass is 16.5. The van der Waals surface area contributed by atoms with Crippen molar-refractivity contribution in [2.24, 2.45) is 0 Å². The molecule has 0 radical (unpaired) electrons. The maximum atomic E-state index is 12.3. The quantitative estimate of drug-likeness (QED) is 0.898. The Labute approximate surface area is 137 Å². The number of carbonyl (C=O) groups is 1. The molecule has 1 N–H and O–H groups in total. The van der Waals surface area contributed by atoms with Crippen LogP contribution < -0.4 is 5.32 Å². The molecule has 1 aromatic rings. The van der Waals surface area contributed by atoms with Crippen LogP contribution in [-0.2, 0) is 14.3 Å². The third-order valence-electron chi connectivity index (χ3n) is 4.55. The van der Waals surface area contributed by atoms with Crippen molar-refractivity contribution >= 4 is 5.91 Å². The van der Waals surface area contributed by atoms with Crippen molar-refractivity contribution in [3.8, 4) is 0 Å². The first kappa shape index (κ1) is 16.4. The van der Waals surface area contributed by atoms with Gasteiger partial charge in [0.2, 0.25) is 5.91 Å². The van der Waals surface area contributed by atoms with Gasteiger partial charge in [-0.05, 0) is 25.3 Å². The number of ether oxygens (including phenoxy) is 2. The SMILES string of the molecule is CC1CN(CC(=O)NCC2CCCO2)C(c2ccccc2)CO1. The van der Waals surface area contributed by atoms with Gasteiger partial charge in [-0.2, -0.15) is 0 Å². The number of nitrogens with one attached hydrogen (secondary N) is 1. The molecule has 2 aliphatic heterocycles. The molecule has 5 heteroatoms. The van der Waals surface area contributed by atoms with E-state index < -0.39 is 0 Å². The summed E-state index contributed by atoms with van der Waals surface area (Å²) in [4.78, 5) is 14.5. The van der Waals surface area contributed by atoms with Gasteiger partial charge in [0.15, 0.2) is 0 Å². The number of hydrogen-bond donors (Lipinski definition) is 1. The van der Waals surface area contributed by atoms with Crippen LogP contribution >= 0.6 is 0 Å². The van der Waals surface area contributed by atoms with Gasteiger partial charge in [-0.3, -0.25) is 9.69 Å². The fourth-order valence-corrected chi connectivity index (χ4v) is 3.30. The minimum Gasteiger partial charge on any atom is -0.376 e. The molecule has 0 spiro atoms. The molecule has 126 valence electrons. The molecule has 0 bridgehead atoms. The highest BCUT2D eigenvalue weighted by Gasteiger charge is 2.29. The van der Waals surface area contributed by atoms with E-state index in [4.69, 9.17) is 9.47 Å². The summed E-state index contributed by atoms with van der Waals surface area (Å²) < 4.78 is 11.4. The number of rotatable bonds is 5. The van der Waals surface area contributed by atoms with E-state index in [1.165, 1.54) is 5.56 Å². The minimum atomic E-state index is 0.0653. The molecule has 2 saturated heterocycles. The lowest BCUT2D eigenvalue weighted by atomic mass is 10.0. The van der Waals surface area contributed by atoms with Crippen LogP contribution in [0.1, 0.15) is 31.4 Å². The Bertz CT molecular complexity index is 502. The first-order chi connectivity index (χ1) is 11.2. The van der Waals surface area contributed by atoms with Crippen LogP contribution in [0.25, 0.3) is 0 Å². The molecule has 1 aromatic carbocycles. The Morgan fingerprint density at radius 1 is 1.30 bits per heavy atom. The first-order valence-corrected chi connectivity index (χ1v) is 8.51. The first-order valence-electron chi connectivity index (χ1n) is 8.51. The van der Waals surface area contributed by atoms with Gasteiger partial charge in [0.25, 0.3) is 0 Å². The summed E-state index contributed by atoms with van der Waals surface area (Å²) in [6.07, 6.45) is 2.48. The third kappa shape index (κ3) is 4.53. The Morgan fingerprint density at radius 2 is 2.13 bits per heavy atom. The lowest BCUT2D eigenvalue weighted by Gasteiger charge is -2.38. The van der Waals surface area contributed by atoms with E-state index in [1.54, 1.807) is 0 Å². The van der Waals surface area contributed by atoms with Crippen LogP contribution in [-0.4, -0.2) is 55.9 Å². The molecule has 0 aromatic heterocycles. The zero-order chi connectivity index (χ0) is 16.1. The van der Waals surface area contributed by atoms with Crippen LogP contribution in [0.5, 0.6) is 0 Å².